The first-order valence-electron chi connectivity index (χ1n) is 8.37. The normalized spacial score (nSPS) is 10.1. The number of hydrogen-bond donors (Lipinski definition) is 2. The largest absolute Gasteiger partial charge is 0.497 e. The van der Waals surface area contributed by atoms with Crippen molar-refractivity contribution >= 4 is 11.8 Å². The number of benzene rings is 2. The third kappa shape index (κ3) is 7.08. The van der Waals surface area contributed by atoms with Crippen LogP contribution in [0.4, 0.5) is 0 Å². The molecule has 0 saturated heterocycles. The highest BCUT2D eigenvalue weighted by Crippen LogP contribution is 2.11. The van der Waals surface area contributed by atoms with Crippen LogP contribution in [0.2, 0.25) is 0 Å². The highest BCUT2D eigenvalue weighted by molar-refractivity contribution is 5.80. The summed E-state index contributed by atoms with van der Waals surface area (Å²) in [4.78, 5) is 23.6. The minimum absolute atomic E-state index is 0.0616. The van der Waals surface area contributed by atoms with Crippen molar-refractivity contribution in [3.8, 4) is 5.75 Å². The molecular weight excluding hydrogens is 316 g/mol. The maximum atomic E-state index is 11.8. The van der Waals surface area contributed by atoms with E-state index in [4.69, 9.17) is 4.74 Å². The van der Waals surface area contributed by atoms with Crippen LogP contribution in [0.5, 0.6) is 5.75 Å². The van der Waals surface area contributed by atoms with E-state index in [1.165, 1.54) is 0 Å². The summed E-state index contributed by atoms with van der Waals surface area (Å²) in [6.07, 6.45) is 1.37. The Hall–Kier alpha value is -2.82. The number of hydrogen-bond acceptors (Lipinski definition) is 3. The van der Waals surface area contributed by atoms with E-state index < -0.39 is 0 Å². The summed E-state index contributed by atoms with van der Waals surface area (Å²) in [5.74, 6) is 0.685. The van der Waals surface area contributed by atoms with E-state index in [0.717, 1.165) is 23.3 Å². The molecule has 0 unspecified atom stereocenters. The molecule has 0 radical (unpaired) electrons. The molecule has 0 atom stereocenters. The first-order chi connectivity index (χ1) is 12.2. The highest BCUT2D eigenvalue weighted by Gasteiger charge is 2.05. The molecule has 0 bridgehead atoms. The first-order valence-corrected chi connectivity index (χ1v) is 8.37. The third-order valence-electron chi connectivity index (χ3n) is 3.78. The van der Waals surface area contributed by atoms with Crippen LogP contribution in [0.3, 0.4) is 0 Å². The van der Waals surface area contributed by atoms with Gasteiger partial charge in [-0.05, 0) is 29.7 Å². The fourth-order valence-electron chi connectivity index (χ4n) is 2.39. The monoisotopic (exact) mass is 340 g/mol. The fraction of sp³-hybridized carbons (Fsp3) is 0.300. The van der Waals surface area contributed by atoms with E-state index in [-0.39, 0.29) is 18.2 Å². The fourth-order valence-corrected chi connectivity index (χ4v) is 2.39. The van der Waals surface area contributed by atoms with Gasteiger partial charge >= 0.3 is 0 Å². The van der Waals surface area contributed by atoms with Crippen LogP contribution < -0.4 is 15.4 Å². The molecule has 0 fully saturated rings. The Morgan fingerprint density at radius 1 is 0.840 bits per heavy atom. The van der Waals surface area contributed by atoms with Gasteiger partial charge in [0.2, 0.25) is 11.8 Å². The lowest BCUT2D eigenvalue weighted by molar-refractivity contribution is -0.122. The molecule has 0 saturated carbocycles. The molecule has 0 spiro atoms. The van der Waals surface area contributed by atoms with Crippen molar-refractivity contribution in [2.24, 2.45) is 0 Å². The van der Waals surface area contributed by atoms with Gasteiger partial charge in [-0.3, -0.25) is 9.59 Å². The number of amides is 2. The summed E-state index contributed by atoms with van der Waals surface area (Å²) in [5.41, 5.74) is 2.10. The van der Waals surface area contributed by atoms with Crippen LogP contribution in [0, 0.1) is 0 Å². The number of ether oxygens (including phenoxy) is 1. The second kappa shape index (κ2) is 10.1. The highest BCUT2D eigenvalue weighted by atomic mass is 16.5. The van der Waals surface area contributed by atoms with E-state index in [9.17, 15) is 9.59 Å². The Kier molecular flexibility index (Phi) is 7.50. The van der Waals surface area contributed by atoms with Gasteiger partial charge in [0.15, 0.2) is 0 Å². The Morgan fingerprint density at radius 3 is 2.20 bits per heavy atom. The molecule has 2 rings (SSSR count). The van der Waals surface area contributed by atoms with Crippen molar-refractivity contribution in [2.75, 3.05) is 20.2 Å². The first kappa shape index (κ1) is 18.5. The zero-order valence-electron chi connectivity index (χ0n) is 14.5. The van der Waals surface area contributed by atoms with Crippen LogP contribution >= 0.6 is 0 Å². The van der Waals surface area contributed by atoms with Gasteiger partial charge in [0.1, 0.15) is 5.75 Å². The van der Waals surface area contributed by atoms with Gasteiger partial charge in [-0.25, -0.2) is 0 Å². The number of methoxy groups -OCH3 is 1. The Labute approximate surface area is 148 Å². The second-order valence-electron chi connectivity index (χ2n) is 5.71. The van der Waals surface area contributed by atoms with Crippen LogP contribution in [-0.4, -0.2) is 32.0 Å². The summed E-state index contributed by atoms with van der Waals surface area (Å²) in [5, 5.41) is 5.63. The Morgan fingerprint density at radius 2 is 1.52 bits per heavy atom. The van der Waals surface area contributed by atoms with Gasteiger partial charge in [-0.2, -0.15) is 0 Å². The third-order valence-corrected chi connectivity index (χ3v) is 3.78. The average molecular weight is 340 g/mol. The summed E-state index contributed by atoms with van der Waals surface area (Å²) >= 11 is 0. The topological polar surface area (TPSA) is 67.4 Å². The molecule has 0 aromatic heterocycles. The van der Waals surface area contributed by atoms with Crippen LogP contribution in [0.15, 0.2) is 54.6 Å². The van der Waals surface area contributed by atoms with E-state index >= 15 is 0 Å². The Bertz CT molecular complexity index is 669. The predicted octanol–water partition coefficient (Wildman–Crippen LogP) is 2.10. The summed E-state index contributed by atoms with van der Waals surface area (Å²) in [7, 11) is 1.63. The summed E-state index contributed by atoms with van der Waals surface area (Å²) in [6, 6.07) is 17.3. The van der Waals surface area contributed by atoms with Crippen LogP contribution in [-0.2, 0) is 22.4 Å². The van der Waals surface area contributed by atoms with E-state index in [1.807, 2.05) is 54.6 Å². The van der Waals surface area contributed by atoms with Gasteiger partial charge in [0.25, 0.3) is 0 Å². The molecule has 2 N–H and O–H groups in total. The molecule has 0 aliphatic carbocycles. The van der Waals surface area contributed by atoms with Gasteiger partial charge in [-0.15, -0.1) is 0 Å². The maximum Gasteiger partial charge on any atom is 0.224 e. The zero-order chi connectivity index (χ0) is 17.9. The molecular formula is C20H24N2O3. The number of carbonyl (C=O) groups excluding carboxylic acids is 2. The van der Waals surface area contributed by atoms with E-state index in [2.05, 4.69) is 10.6 Å². The molecule has 0 aliphatic rings. The molecule has 0 aliphatic heterocycles. The molecule has 2 amide bonds. The quantitative estimate of drug-likeness (QED) is 0.735. The lowest BCUT2D eigenvalue weighted by Crippen LogP contribution is -2.32. The maximum absolute atomic E-state index is 11.8. The van der Waals surface area contributed by atoms with Crippen molar-refractivity contribution in [1.29, 1.82) is 0 Å². The van der Waals surface area contributed by atoms with Crippen molar-refractivity contribution in [1.82, 2.24) is 10.6 Å². The van der Waals surface area contributed by atoms with Gasteiger partial charge in [0.05, 0.1) is 13.5 Å². The number of nitrogens with one attached hydrogen (secondary N) is 2. The number of carbonyl (C=O) groups is 2. The molecule has 132 valence electrons. The Balaban J connectivity index is 1.58. The number of rotatable bonds is 9. The van der Waals surface area contributed by atoms with Crippen LogP contribution in [0.1, 0.15) is 17.5 Å². The SMILES string of the molecule is COc1ccc(CCNC(=O)CCNC(=O)Cc2ccccc2)cc1. The lowest BCUT2D eigenvalue weighted by Gasteiger charge is -2.07. The summed E-state index contributed by atoms with van der Waals surface area (Å²) in [6.45, 7) is 0.920. The molecule has 2 aromatic rings. The van der Waals surface area contributed by atoms with Gasteiger partial charge in [-0.1, -0.05) is 42.5 Å². The minimum Gasteiger partial charge on any atom is -0.497 e. The van der Waals surface area contributed by atoms with Crippen molar-refractivity contribution in [3.05, 3.63) is 65.7 Å². The molecule has 0 heterocycles. The molecule has 25 heavy (non-hydrogen) atoms. The molecule has 5 nitrogen and oxygen atoms in total. The zero-order valence-corrected chi connectivity index (χ0v) is 14.5. The van der Waals surface area contributed by atoms with E-state index in [0.29, 0.717) is 19.5 Å². The predicted molar refractivity (Wildman–Crippen MR) is 97.5 cm³/mol. The molecule has 5 heteroatoms. The second-order valence-corrected chi connectivity index (χ2v) is 5.71. The standard InChI is InChI=1S/C20H24N2O3/c1-25-18-9-7-16(8-10-18)11-13-21-19(23)12-14-22-20(24)15-17-5-3-2-4-6-17/h2-10H,11-15H2,1H3,(H,21,23)(H,22,24). The van der Waals surface area contributed by atoms with E-state index in [1.54, 1.807) is 7.11 Å². The van der Waals surface area contributed by atoms with Crippen molar-refractivity contribution in [3.63, 3.8) is 0 Å². The lowest BCUT2D eigenvalue weighted by atomic mass is 10.1. The van der Waals surface area contributed by atoms with Crippen molar-refractivity contribution < 1.29 is 14.3 Å². The van der Waals surface area contributed by atoms with Crippen LogP contribution in [0.25, 0.3) is 0 Å². The minimum atomic E-state index is -0.0720. The average Bonchev–Trinajstić information content (AvgIpc) is 2.63. The van der Waals surface area contributed by atoms with Crippen molar-refractivity contribution in [2.45, 2.75) is 19.3 Å². The summed E-state index contributed by atoms with van der Waals surface area (Å²) < 4.78 is 5.11. The van der Waals surface area contributed by atoms with Gasteiger partial charge < -0.3 is 15.4 Å². The van der Waals surface area contributed by atoms with Gasteiger partial charge in [0, 0.05) is 19.5 Å². The molecule has 2 aromatic carbocycles. The smallest absolute Gasteiger partial charge is 0.224 e.